The van der Waals surface area contributed by atoms with Crippen LogP contribution in [0.4, 0.5) is 0 Å². The van der Waals surface area contributed by atoms with Gasteiger partial charge in [-0.3, -0.25) is 0 Å². The Hall–Kier alpha value is -1.84. The molecule has 1 atom stereocenters. The summed E-state index contributed by atoms with van der Waals surface area (Å²) in [5, 5.41) is 9.35. The van der Waals surface area contributed by atoms with Gasteiger partial charge in [-0.05, 0) is 23.3 Å². The third-order valence-electron chi connectivity index (χ3n) is 2.63. The molecule has 0 saturated carbocycles. The number of hydrogen-bond donors (Lipinski definition) is 1. The average Bonchev–Trinajstić information content (AvgIpc) is 2.40. The lowest BCUT2D eigenvalue weighted by atomic mass is 10.0. The molecule has 3 nitrogen and oxygen atoms in total. The molecule has 0 saturated heterocycles. The second-order valence-electron chi connectivity index (χ2n) is 4.05. The second kappa shape index (κ2) is 6.36. The molecule has 2 aromatic carbocycles. The first-order valence-electron chi connectivity index (χ1n) is 5.80. The van der Waals surface area contributed by atoms with E-state index in [0.717, 1.165) is 11.1 Å². The van der Waals surface area contributed by atoms with Crippen LogP contribution < -0.4 is 0 Å². The van der Waals surface area contributed by atoms with Crippen LogP contribution in [0.5, 0.6) is 0 Å². The molecule has 0 aromatic heterocycles. The fraction of sp³-hybridized carbons (Fsp3) is 0.133. The van der Waals surface area contributed by atoms with Crippen molar-refractivity contribution in [3.63, 3.8) is 0 Å². The first kappa shape index (κ1) is 13.6. The highest BCUT2D eigenvalue weighted by Gasteiger charge is 2.16. The van der Waals surface area contributed by atoms with Crippen molar-refractivity contribution >= 4 is 17.6 Å². The molecule has 0 fully saturated rings. The van der Waals surface area contributed by atoms with Gasteiger partial charge in [0.15, 0.2) is 0 Å². The fourth-order valence-corrected chi connectivity index (χ4v) is 2.04. The Morgan fingerprint density at radius 1 is 1.11 bits per heavy atom. The van der Waals surface area contributed by atoms with E-state index in [1.165, 1.54) is 0 Å². The topological polar surface area (TPSA) is 46.5 Å². The Bertz CT molecular complexity index is 554. The van der Waals surface area contributed by atoms with E-state index < -0.39 is 12.1 Å². The van der Waals surface area contributed by atoms with E-state index in [-0.39, 0.29) is 6.61 Å². The highest BCUT2D eigenvalue weighted by molar-refractivity contribution is 6.30. The number of hydrogen-bond acceptors (Lipinski definition) is 2. The number of carbonyl (C=O) groups is 1. The lowest BCUT2D eigenvalue weighted by Gasteiger charge is -2.18. The zero-order chi connectivity index (χ0) is 13.7. The molecule has 98 valence electrons. The van der Waals surface area contributed by atoms with E-state index >= 15 is 0 Å². The molecule has 0 aliphatic rings. The standard InChI is InChI=1S/C15H13ClO3/c16-13-8-4-7-12(9-13)15(19-10-14(17)18)11-5-2-1-3-6-11/h1-9,15H,10H2,(H,17,18). The van der Waals surface area contributed by atoms with Crippen molar-refractivity contribution in [1.29, 1.82) is 0 Å². The van der Waals surface area contributed by atoms with E-state index in [2.05, 4.69) is 0 Å². The highest BCUT2D eigenvalue weighted by Crippen LogP contribution is 2.27. The van der Waals surface area contributed by atoms with Crippen LogP contribution in [0.3, 0.4) is 0 Å². The SMILES string of the molecule is O=C(O)COC(c1ccccc1)c1cccc(Cl)c1. The number of carboxylic acid groups (broad SMARTS) is 1. The summed E-state index contributed by atoms with van der Waals surface area (Å²) in [5.41, 5.74) is 1.73. The fourth-order valence-electron chi connectivity index (χ4n) is 1.84. The Morgan fingerprint density at radius 3 is 2.42 bits per heavy atom. The number of halogens is 1. The summed E-state index contributed by atoms with van der Waals surface area (Å²) < 4.78 is 5.47. The van der Waals surface area contributed by atoms with E-state index in [0.29, 0.717) is 5.02 Å². The molecule has 1 N–H and O–H groups in total. The summed E-state index contributed by atoms with van der Waals surface area (Å²) in [6.07, 6.45) is -0.434. The maximum absolute atomic E-state index is 10.7. The Kier molecular flexibility index (Phi) is 4.55. The van der Waals surface area contributed by atoms with Gasteiger partial charge < -0.3 is 9.84 Å². The van der Waals surface area contributed by atoms with Gasteiger partial charge in [-0.1, -0.05) is 54.1 Å². The molecule has 0 heterocycles. The highest BCUT2D eigenvalue weighted by atomic mass is 35.5. The van der Waals surface area contributed by atoms with Gasteiger partial charge in [0.1, 0.15) is 12.7 Å². The van der Waals surface area contributed by atoms with Gasteiger partial charge >= 0.3 is 5.97 Å². The summed E-state index contributed by atoms with van der Waals surface area (Å²) in [7, 11) is 0. The van der Waals surface area contributed by atoms with Crippen molar-refractivity contribution in [2.24, 2.45) is 0 Å². The Balaban J connectivity index is 2.31. The van der Waals surface area contributed by atoms with Crippen LogP contribution >= 0.6 is 11.6 Å². The maximum atomic E-state index is 10.7. The first-order chi connectivity index (χ1) is 9.16. The predicted octanol–water partition coefficient (Wildman–Crippen LogP) is 3.53. The van der Waals surface area contributed by atoms with Gasteiger partial charge in [-0.2, -0.15) is 0 Å². The first-order valence-corrected chi connectivity index (χ1v) is 6.18. The second-order valence-corrected chi connectivity index (χ2v) is 4.49. The van der Waals surface area contributed by atoms with Crippen molar-refractivity contribution in [3.05, 3.63) is 70.7 Å². The van der Waals surface area contributed by atoms with Gasteiger partial charge in [0.2, 0.25) is 0 Å². The van der Waals surface area contributed by atoms with Crippen LogP contribution in [0, 0.1) is 0 Å². The minimum Gasteiger partial charge on any atom is -0.480 e. The largest absolute Gasteiger partial charge is 0.480 e. The molecule has 0 bridgehead atoms. The molecular formula is C15H13ClO3. The number of aliphatic carboxylic acids is 1. The molecule has 0 radical (unpaired) electrons. The lowest BCUT2D eigenvalue weighted by Crippen LogP contribution is -2.13. The average molecular weight is 277 g/mol. The molecule has 4 heteroatoms. The molecule has 2 rings (SSSR count). The zero-order valence-electron chi connectivity index (χ0n) is 10.1. The van der Waals surface area contributed by atoms with E-state index in [1.54, 1.807) is 12.1 Å². The summed E-state index contributed by atoms with van der Waals surface area (Å²) in [4.78, 5) is 10.7. The molecule has 0 spiro atoms. The monoisotopic (exact) mass is 276 g/mol. The van der Waals surface area contributed by atoms with Crippen molar-refractivity contribution in [1.82, 2.24) is 0 Å². The van der Waals surface area contributed by atoms with Gasteiger partial charge in [-0.25, -0.2) is 4.79 Å². The van der Waals surface area contributed by atoms with E-state index in [9.17, 15) is 4.79 Å². The van der Waals surface area contributed by atoms with Gasteiger partial charge in [0.05, 0.1) is 0 Å². The van der Waals surface area contributed by atoms with Gasteiger partial charge in [0.25, 0.3) is 0 Å². The van der Waals surface area contributed by atoms with Gasteiger partial charge in [0, 0.05) is 5.02 Å². The Labute approximate surface area is 116 Å². The third kappa shape index (κ3) is 3.81. The van der Waals surface area contributed by atoms with Gasteiger partial charge in [-0.15, -0.1) is 0 Å². The summed E-state index contributed by atoms with van der Waals surface area (Å²) in [5.74, 6) is -0.997. The molecule has 0 aliphatic carbocycles. The normalized spacial score (nSPS) is 12.1. The third-order valence-corrected chi connectivity index (χ3v) is 2.86. The molecule has 0 amide bonds. The molecular weight excluding hydrogens is 264 g/mol. The number of benzene rings is 2. The van der Waals surface area contributed by atoms with Crippen molar-refractivity contribution in [2.45, 2.75) is 6.10 Å². The molecule has 2 aromatic rings. The summed E-state index contributed by atoms with van der Waals surface area (Å²) >= 11 is 5.97. The van der Waals surface area contributed by atoms with E-state index in [4.69, 9.17) is 21.4 Å². The maximum Gasteiger partial charge on any atom is 0.329 e. The van der Waals surface area contributed by atoms with Crippen molar-refractivity contribution in [2.75, 3.05) is 6.61 Å². The minimum absolute atomic E-state index is 0.355. The van der Waals surface area contributed by atoms with Crippen LogP contribution in [0.25, 0.3) is 0 Å². The summed E-state index contributed by atoms with van der Waals surface area (Å²) in [6, 6.07) is 16.7. The van der Waals surface area contributed by atoms with Crippen LogP contribution in [0.1, 0.15) is 17.2 Å². The molecule has 1 unspecified atom stereocenters. The van der Waals surface area contributed by atoms with Crippen molar-refractivity contribution in [3.8, 4) is 0 Å². The lowest BCUT2D eigenvalue weighted by molar-refractivity contribution is -0.143. The summed E-state index contributed by atoms with van der Waals surface area (Å²) in [6.45, 7) is -0.355. The zero-order valence-corrected chi connectivity index (χ0v) is 10.9. The minimum atomic E-state index is -0.997. The number of carboxylic acids is 1. The number of rotatable bonds is 5. The number of ether oxygens (including phenoxy) is 1. The molecule has 19 heavy (non-hydrogen) atoms. The predicted molar refractivity (Wildman–Crippen MR) is 73.3 cm³/mol. The smallest absolute Gasteiger partial charge is 0.329 e. The van der Waals surface area contributed by atoms with Crippen LogP contribution in [0.2, 0.25) is 5.02 Å². The quantitative estimate of drug-likeness (QED) is 0.909. The molecule has 0 aliphatic heterocycles. The van der Waals surface area contributed by atoms with Crippen molar-refractivity contribution < 1.29 is 14.6 Å². The van der Waals surface area contributed by atoms with Crippen LogP contribution in [-0.2, 0) is 9.53 Å². The van der Waals surface area contributed by atoms with Crippen LogP contribution in [-0.4, -0.2) is 17.7 Å². The van der Waals surface area contributed by atoms with Crippen LogP contribution in [0.15, 0.2) is 54.6 Å². The van der Waals surface area contributed by atoms with E-state index in [1.807, 2.05) is 42.5 Å². The Morgan fingerprint density at radius 2 is 1.79 bits per heavy atom.